The van der Waals surface area contributed by atoms with E-state index in [2.05, 4.69) is 57.2 Å². The van der Waals surface area contributed by atoms with Crippen LogP contribution in [0.4, 0.5) is 0 Å². The van der Waals surface area contributed by atoms with Gasteiger partial charge in [0.1, 0.15) is 0 Å². The van der Waals surface area contributed by atoms with Gasteiger partial charge in [-0.15, -0.1) is 6.58 Å². The van der Waals surface area contributed by atoms with Crippen LogP contribution in [0.5, 0.6) is 0 Å². The molecule has 0 aliphatic heterocycles. The van der Waals surface area contributed by atoms with E-state index >= 15 is 0 Å². The SMILES string of the molecule is C=CC[C@@H](N)c1cc(Br)ccc1I. The van der Waals surface area contributed by atoms with Crippen molar-refractivity contribution in [3.8, 4) is 0 Å². The zero-order valence-electron chi connectivity index (χ0n) is 7.13. The molecule has 70 valence electrons. The van der Waals surface area contributed by atoms with Crippen LogP contribution in [0.2, 0.25) is 0 Å². The van der Waals surface area contributed by atoms with E-state index < -0.39 is 0 Å². The fourth-order valence-corrected chi connectivity index (χ4v) is 2.22. The first kappa shape index (κ1) is 11.2. The van der Waals surface area contributed by atoms with Gasteiger partial charge in [0.2, 0.25) is 0 Å². The monoisotopic (exact) mass is 351 g/mol. The highest BCUT2D eigenvalue weighted by Crippen LogP contribution is 2.24. The van der Waals surface area contributed by atoms with Crippen molar-refractivity contribution < 1.29 is 0 Å². The molecule has 0 unspecified atom stereocenters. The number of benzene rings is 1. The Morgan fingerprint density at radius 3 is 2.92 bits per heavy atom. The molecule has 3 heteroatoms. The summed E-state index contributed by atoms with van der Waals surface area (Å²) >= 11 is 5.73. The van der Waals surface area contributed by atoms with Crippen LogP contribution in [-0.4, -0.2) is 0 Å². The van der Waals surface area contributed by atoms with Gasteiger partial charge in [-0.25, -0.2) is 0 Å². The molecule has 0 spiro atoms. The molecule has 1 rings (SSSR count). The predicted molar refractivity (Wildman–Crippen MR) is 68.6 cm³/mol. The number of nitrogens with two attached hydrogens (primary N) is 1. The first-order valence-corrected chi connectivity index (χ1v) is 5.83. The molecule has 0 fully saturated rings. The van der Waals surface area contributed by atoms with Crippen molar-refractivity contribution >= 4 is 38.5 Å². The number of hydrogen-bond donors (Lipinski definition) is 1. The lowest BCUT2D eigenvalue weighted by molar-refractivity contribution is 0.737. The van der Waals surface area contributed by atoms with Gasteiger partial charge in [-0.3, -0.25) is 0 Å². The van der Waals surface area contributed by atoms with Crippen molar-refractivity contribution in [2.45, 2.75) is 12.5 Å². The summed E-state index contributed by atoms with van der Waals surface area (Å²) in [6.07, 6.45) is 2.66. The highest BCUT2D eigenvalue weighted by molar-refractivity contribution is 14.1. The minimum atomic E-state index is 0.0573. The van der Waals surface area contributed by atoms with E-state index in [9.17, 15) is 0 Å². The van der Waals surface area contributed by atoms with Gasteiger partial charge in [-0.1, -0.05) is 22.0 Å². The molecule has 1 aromatic rings. The summed E-state index contributed by atoms with van der Waals surface area (Å²) in [6, 6.07) is 6.20. The smallest absolute Gasteiger partial charge is 0.0340 e. The minimum absolute atomic E-state index is 0.0573. The fraction of sp³-hybridized carbons (Fsp3) is 0.200. The molecule has 0 amide bonds. The van der Waals surface area contributed by atoms with Gasteiger partial charge >= 0.3 is 0 Å². The molecule has 1 aromatic carbocycles. The quantitative estimate of drug-likeness (QED) is 0.653. The van der Waals surface area contributed by atoms with Crippen LogP contribution in [-0.2, 0) is 0 Å². The average molecular weight is 352 g/mol. The fourth-order valence-electron chi connectivity index (χ4n) is 1.11. The maximum Gasteiger partial charge on any atom is 0.0340 e. The summed E-state index contributed by atoms with van der Waals surface area (Å²) in [7, 11) is 0. The summed E-state index contributed by atoms with van der Waals surface area (Å²) in [5.41, 5.74) is 7.15. The largest absolute Gasteiger partial charge is 0.324 e. The Bertz CT molecular complexity index is 312. The van der Waals surface area contributed by atoms with E-state index in [4.69, 9.17) is 5.73 Å². The highest BCUT2D eigenvalue weighted by atomic mass is 127. The Balaban J connectivity index is 2.97. The van der Waals surface area contributed by atoms with Gasteiger partial charge in [-0.2, -0.15) is 0 Å². The Labute approximate surface area is 101 Å². The first-order valence-electron chi connectivity index (χ1n) is 3.96. The molecule has 2 N–H and O–H groups in total. The number of halogens is 2. The summed E-state index contributed by atoms with van der Waals surface area (Å²) in [6.45, 7) is 3.68. The molecule has 0 radical (unpaired) electrons. The van der Waals surface area contributed by atoms with Gasteiger partial charge < -0.3 is 5.73 Å². The van der Waals surface area contributed by atoms with Crippen molar-refractivity contribution in [1.29, 1.82) is 0 Å². The molecule has 0 saturated carbocycles. The summed E-state index contributed by atoms with van der Waals surface area (Å²) in [4.78, 5) is 0. The van der Waals surface area contributed by atoms with Crippen LogP contribution < -0.4 is 5.73 Å². The third-order valence-electron chi connectivity index (χ3n) is 1.78. The van der Waals surface area contributed by atoms with E-state index in [0.717, 1.165) is 10.9 Å². The van der Waals surface area contributed by atoms with E-state index in [1.165, 1.54) is 9.13 Å². The molecule has 0 bridgehead atoms. The Kier molecular flexibility index (Phi) is 4.41. The minimum Gasteiger partial charge on any atom is -0.324 e. The standard InChI is InChI=1S/C10H11BrIN/c1-2-3-10(13)8-6-7(11)4-5-9(8)12/h2,4-6,10H,1,3,13H2/t10-/m1/s1. The third kappa shape index (κ3) is 3.07. The molecular weight excluding hydrogens is 341 g/mol. The lowest BCUT2D eigenvalue weighted by atomic mass is 10.1. The van der Waals surface area contributed by atoms with Crippen molar-refractivity contribution in [2.75, 3.05) is 0 Å². The van der Waals surface area contributed by atoms with Crippen LogP contribution in [0.1, 0.15) is 18.0 Å². The lowest BCUT2D eigenvalue weighted by Gasteiger charge is -2.11. The van der Waals surface area contributed by atoms with E-state index in [-0.39, 0.29) is 6.04 Å². The van der Waals surface area contributed by atoms with E-state index in [1.807, 2.05) is 12.1 Å². The van der Waals surface area contributed by atoms with Crippen LogP contribution in [0.25, 0.3) is 0 Å². The van der Waals surface area contributed by atoms with Crippen molar-refractivity contribution in [3.63, 3.8) is 0 Å². The van der Waals surface area contributed by atoms with Crippen LogP contribution in [0.15, 0.2) is 35.3 Å². The Morgan fingerprint density at radius 1 is 1.62 bits per heavy atom. The average Bonchev–Trinajstić information content (AvgIpc) is 2.09. The second-order valence-corrected chi connectivity index (χ2v) is 4.87. The molecular formula is C10H11BrIN. The maximum atomic E-state index is 5.98. The van der Waals surface area contributed by atoms with Gasteiger partial charge in [0.15, 0.2) is 0 Å². The molecule has 13 heavy (non-hydrogen) atoms. The molecule has 1 atom stereocenters. The Morgan fingerprint density at radius 2 is 2.31 bits per heavy atom. The molecule has 1 nitrogen and oxygen atoms in total. The van der Waals surface area contributed by atoms with E-state index in [0.29, 0.717) is 0 Å². The van der Waals surface area contributed by atoms with Gasteiger partial charge in [0.25, 0.3) is 0 Å². The topological polar surface area (TPSA) is 26.0 Å². The maximum absolute atomic E-state index is 5.98. The zero-order chi connectivity index (χ0) is 9.84. The molecule has 0 aliphatic carbocycles. The second kappa shape index (κ2) is 5.12. The molecule has 0 aromatic heterocycles. The van der Waals surface area contributed by atoms with Gasteiger partial charge in [0.05, 0.1) is 0 Å². The number of hydrogen-bond acceptors (Lipinski definition) is 1. The highest BCUT2D eigenvalue weighted by Gasteiger charge is 2.08. The lowest BCUT2D eigenvalue weighted by Crippen LogP contribution is -2.10. The summed E-state index contributed by atoms with van der Waals surface area (Å²) < 4.78 is 2.28. The van der Waals surface area contributed by atoms with Crippen molar-refractivity contribution in [2.24, 2.45) is 5.73 Å². The van der Waals surface area contributed by atoms with Crippen molar-refractivity contribution in [3.05, 3.63) is 44.5 Å². The number of rotatable bonds is 3. The first-order chi connectivity index (χ1) is 6.15. The second-order valence-electron chi connectivity index (χ2n) is 2.80. The van der Waals surface area contributed by atoms with Crippen LogP contribution in [0, 0.1) is 3.57 Å². The molecule has 0 aliphatic rings. The van der Waals surface area contributed by atoms with Crippen LogP contribution in [0.3, 0.4) is 0 Å². The normalized spacial score (nSPS) is 12.5. The van der Waals surface area contributed by atoms with Gasteiger partial charge in [-0.05, 0) is 52.8 Å². The predicted octanol–water partition coefficient (Wildman–Crippen LogP) is 3.63. The van der Waals surface area contributed by atoms with Crippen LogP contribution >= 0.6 is 38.5 Å². The van der Waals surface area contributed by atoms with E-state index in [1.54, 1.807) is 0 Å². The zero-order valence-corrected chi connectivity index (χ0v) is 10.9. The third-order valence-corrected chi connectivity index (χ3v) is 3.25. The summed E-state index contributed by atoms with van der Waals surface area (Å²) in [5.74, 6) is 0. The van der Waals surface area contributed by atoms with Crippen molar-refractivity contribution in [1.82, 2.24) is 0 Å². The Hall–Kier alpha value is 0.130. The summed E-state index contributed by atoms with van der Waals surface area (Å²) in [5, 5.41) is 0. The molecule has 0 heterocycles. The van der Waals surface area contributed by atoms with Gasteiger partial charge in [0, 0.05) is 14.1 Å². The molecule has 0 saturated heterocycles.